The molecule has 1 amide bonds. The van der Waals surface area contributed by atoms with E-state index in [4.69, 9.17) is 4.52 Å². The minimum atomic E-state index is -0.114. The third-order valence-corrected chi connectivity index (χ3v) is 3.93. The second-order valence-corrected chi connectivity index (χ2v) is 5.54. The van der Waals surface area contributed by atoms with Crippen LogP contribution in [0.1, 0.15) is 35.8 Å². The molecule has 0 saturated carbocycles. The topological polar surface area (TPSA) is 83.8 Å². The van der Waals surface area contributed by atoms with Gasteiger partial charge in [0.2, 0.25) is 5.91 Å². The molecule has 0 aliphatic rings. The Kier molecular flexibility index (Phi) is 4.84. The number of aryl methyl sites for hydroxylation is 2. The molecule has 0 saturated heterocycles. The Labute approximate surface area is 121 Å². The number of H-pyrrole nitrogens is 1. The molecule has 1 unspecified atom stereocenters. The van der Waals surface area contributed by atoms with Crippen molar-refractivity contribution in [2.24, 2.45) is 0 Å². The highest BCUT2D eigenvalue weighted by molar-refractivity contribution is 7.99. The fourth-order valence-electron chi connectivity index (χ4n) is 1.82. The molecule has 0 radical (unpaired) electrons. The molecule has 2 aromatic heterocycles. The van der Waals surface area contributed by atoms with Gasteiger partial charge in [0, 0.05) is 23.7 Å². The fraction of sp³-hybridized carbons (Fsp3) is 0.462. The molecule has 20 heavy (non-hydrogen) atoms. The van der Waals surface area contributed by atoms with Crippen LogP contribution in [0.2, 0.25) is 0 Å². The molecule has 6 nitrogen and oxygen atoms in total. The summed E-state index contributed by atoms with van der Waals surface area (Å²) in [7, 11) is 0. The van der Waals surface area contributed by atoms with E-state index in [2.05, 4.69) is 20.4 Å². The van der Waals surface area contributed by atoms with Gasteiger partial charge in [0.25, 0.3) is 0 Å². The van der Waals surface area contributed by atoms with Gasteiger partial charge in [0.1, 0.15) is 11.6 Å². The van der Waals surface area contributed by atoms with Crippen LogP contribution >= 0.6 is 11.8 Å². The molecule has 7 heteroatoms. The van der Waals surface area contributed by atoms with Gasteiger partial charge >= 0.3 is 0 Å². The molecule has 0 aliphatic heterocycles. The molecule has 2 aromatic rings. The first-order valence-corrected chi connectivity index (χ1v) is 7.51. The van der Waals surface area contributed by atoms with Gasteiger partial charge in [0.05, 0.1) is 17.5 Å². The predicted molar refractivity (Wildman–Crippen MR) is 77.3 cm³/mol. The highest BCUT2D eigenvalue weighted by Crippen LogP contribution is 2.19. The average Bonchev–Trinajstić information content (AvgIpc) is 3.03. The Bertz CT molecular complexity index is 545. The van der Waals surface area contributed by atoms with Crippen LogP contribution in [0.25, 0.3) is 0 Å². The maximum atomic E-state index is 11.8. The second kappa shape index (κ2) is 6.60. The lowest BCUT2D eigenvalue weighted by molar-refractivity contribution is -0.119. The third kappa shape index (κ3) is 3.63. The van der Waals surface area contributed by atoms with Gasteiger partial charge in [-0.15, -0.1) is 11.8 Å². The summed E-state index contributed by atoms with van der Waals surface area (Å²) >= 11 is 1.54. The summed E-state index contributed by atoms with van der Waals surface area (Å²) in [5.74, 6) is 2.69. The van der Waals surface area contributed by atoms with Gasteiger partial charge in [-0.1, -0.05) is 5.16 Å². The van der Waals surface area contributed by atoms with Crippen molar-refractivity contribution in [3.05, 3.63) is 35.2 Å². The van der Waals surface area contributed by atoms with Crippen LogP contribution in [0, 0.1) is 13.8 Å². The summed E-state index contributed by atoms with van der Waals surface area (Å²) in [6.45, 7) is 5.69. The lowest BCUT2D eigenvalue weighted by Crippen LogP contribution is -2.28. The zero-order valence-electron chi connectivity index (χ0n) is 11.8. The van der Waals surface area contributed by atoms with E-state index in [0.29, 0.717) is 5.75 Å². The molecule has 2 heterocycles. The maximum absolute atomic E-state index is 11.8. The number of aromatic amines is 1. The van der Waals surface area contributed by atoms with Crippen LogP contribution < -0.4 is 5.32 Å². The van der Waals surface area contributed by atoms with Gasteiger partial charge in [-0.2, -0.15) is 0 Å². The van der Waals surface area contributed by atoms with Gasteiger partial charge < -0.3 is 14.8 Å². The molecular formula is C13H18N4O2S. The Balaban J connectivity index is 1.76. The van der Waals surface area contributed by atoms with Crippen LogP contribution in [-0.2, 0) is 10.5 Å². The quantitative estimate of drug-likeness (QED) is 0.852. The highest BCUT2D eigenvalue weighted by atomic mass is 32.2. The predicted octanol–water partition coefficient (Wildman–Crippen LogP) is 2.13. The lowest BCUT2D eigenvalue weighted by Gasteiger charge is -2.11. The molecular weight excluding hydrogens is 276 g/mol. The van der Waals surface area contributed by atoms with E-state index >= 15 is 0 Å². The summed E-state index contributed by atoms with van der Waals surface area (Å²) in [4.78, 5) is 18.9. The van der Waals surface area contributed by atoms with Gasteiger partial charge in [-0.05, 0) is 20.8 Å². The number of carbonyl (C=O) groups excluding carboxylic acids is 1. The Morgan fingerprint density at radius 2 is 2.35 bits per heavy atom. The monoisotopic (exact) mass is 294 g/mol. The number of thioether (sulfide) groups is 1. The van der Waals surface area contributed by atoms with Gasteiger partial charge in [-0.25, -0.2) is 4.98 Å². The number of hydrogen-bond donors (Lipinski definition) is 2. The minimum Gasteiger partial charge on any atom is -0.361 e. The van der Waals surface area contributed by atoms with Crippen molar-refractivity contribution in [1.82, 2.24) is 20.4 Å². The number of nitrogens with one attached hydrogen (secondary N) is 2. The van der Waals surface area contributed by atoms with Crippen molar-refractivity contribution in [3.63, 3.8) is 0 Å². The van der Waals surface area contributed by atoms with E-state index in [0.717, 1.165) is 28.6 Å². The van der Waals surface area contributed by atoms with Crippen LogP contribution in [0.3, 0.4) is 0 Å². The molecule has 2 N–H and O–H groups in total. The number of aromatic nitrogens is 3. The Morgan fingerprint density at radius 1 is 1.55 bits per heavy atom. The van der Waals surface area contributed by atoms with E-state index in [9.17, 15) is 4.79 Å². The van der Waals surface area contributed by atoms with E-state index in [1.165, 1.54) is 0 Å². The van der Waals surface area contributed by atoms with Gasteiger partial charge in [-0.3, -0.25) is 4.79 Å². The first-order valence-electron chi connectivity index (χ1n) is 6.36. The highest BCUT2D eigenvalue weighted by Gasteiger charge is 2.13. The summed E-state index contributed by atoms with van der Waals surface area (Å²) in [5.41, 5.74) is 1.96. The van der Waals surface area contributed by atoms with Gasteiger partial charge in [0.15, 0.2) is 0 Å². The van der Waals surface area contributed by atoms with Crippen LogP contribution in [-0.4, -0.2) is 26.8 Å². The van der Waals surface area contributed by atoms with E-state index in [-0.39, 0.29) is 11.9 Å². The van der Waals surface area contributed by atoms with Crippen molar-refractivity contribution < 1.29 is 9.32 Å². The average molecular weight is 294 g/mol. The summed E-state index contributed by atoms with van der Waals surface area (Å²) in [6, 6.07) is -0.114. The largest absolute Gasteiger partial charge is 0.361 e. The molecule has 0 fully saturated rings. The first-order chi connectivity index (χ1) is 9.58. The first kappa shape index (κ1) is 14.6. The van der Waals surface area contributed by atoms with Crippen LogP contribution in [0.15, 0.2) is 16.9 Å². The summed E-state index contributed by atoms with van der Waals surface area (Å²) in [5, 5.41) is 6.79. The van der Waals surface area contributed by atoms with E-state index in [1.54, 1.807) is 24.2 Å². The Hall–Kier alpha value is -1.76. The number of hydrogen-bond acceptors (Lipinski definition) is 5. The normalized spacial score (nSPS) is 12.3. The summed E-state index contributed by atoms with van der Waals surface area (Å²) in [6.07, 6.45) is 3.41. The number of carbonyl (C=O) groups is 1. The number of amides is 1. The van der Waals surface area contributed by atoms with Crippen LogP contribution in [0.5, 0.6) is 0 Å². The number of rotatable bonds is 6. The molecule has 0 spiro atoms. The number of nitrogens with zero attached hydrogens (tertiary/aromatic N) is 2. The van der Waals surface area contributed by atoms with E-state index < -0.39 is 0 Å². The Morgan fingerprint density at radius 3 is 2.95 bits per heavy atom. The summed E-state index contributed by atoms with van der Waals surface area (Å²) < 4.78 is 5.09. The third-order valence-electron chi connectivity index (χ3n) is 2.97. The van der Waals surface area contributed by atoms with Crippen molar-refractivity contribution in [2.45, 2.75) is 32.6 Å². The molecule has 2 rings (SSSR count). The minimum absolute atomic E-state index is 0.00865. The van der Waals surface area contributed by atoms with Crippen molar-refractivity contribution in [1.29, 1.82) is 0 Å². The SMILES string of the molecule is Cc1noc(C)c1CSCC(=O)NC(C)c1ncc[nH]1. The van der Waals surface area contributed by atoms with E-state index in [1.807, 2.05) is 20.8 Å². The van der Waals surface area contributed by atoms with Crippen molar-refractivity contribution >= 4 is 17.7 Å². The van der Waals surface area contributed by atoms with Crippen molar-refractivity contribution in [2.75, 3.05) is 5.75 Å². The smallest absolute Gasteiger partial charge is 0.230 e. The standard InChI is InChI=1S/C13H18N4O2S/c1-8-11(10(3)19-17-8)6-20-7-12(18)16-9(2)13-14-4-5-15-13/h4-5,9H,6-7H2,1-3H3,(H,14,15)(H,16,18). The number of imidazole rings is 1. The fourth-order valence-corrected chi connectivity index (χ4v) is 2.81. The maximum Gasteiger partial charge on any atom is 0.230 e. The molecule has 0 aliphatic carbocycles. The zero-order valence-corrected chi connectivity index (χ0v) is 12.6. The lowest BCUT2D eigenvalue weighted by atomic mass is 10.2. The van der Waals surface area contributed by atoms with Crippen LogP contribution in [0.4, 0.5) is 0 Å². The molecule has 0 aromatic carbocycles. The molecule has 1 atom stereocenters. The molecule has 108 valence electrons. The zero-order chi connectivity index (χ0) is 14.5. The van der Waals surface area contributed by atoms with Crippen molar-refractivity contribution in [3.8, 4) is 0 Å². The second-order valence-electron chi connectivity index (χ2n) is 4.56. The molecule has 0 bridgehead atoms.